The van der Waals surface area contributed by atoms with Crippen molar-refractivity contribution in [1.82, 2.24) is 5.09 Å². The van der Waals surface area contributed by atoms with Gasteiger partial charge in [0.05, 0.1) is 5.57 Å². The van der Waals surface area contributed by atoms with Gasteiger partial charge in [0, 0.05) is 18.0 Å². The van der Waals surface area contributed by atoms with Crippen molar-refractivity contribution in [2.45, 2.75) is 31.5 Å². The van der Waals surface area contributed by atoms with Gasteiger partial charge in [-0.05, 0) is 30.2 Å². The molecule has 6 N–H and O–H groups in total. The Balaban J connectivity index is 2.55. The van der Waals surface area contributed by atoms with E-state index >= 15 is 0 Å². The third-order valence-corrected chi connectivity index (χ3v) is 4.52. The van der Waals surface area contributed by atoms with Crippen molar-refractivity contribution in [3.05, 3.63) is 53.3 Å². The van der Waals surface area contributed by atoms with Crippen molar-refractivity contribution in [1.29, 1.82) is 0 Å². The molecule has 0 spiro atoms. The molecule has 1 aliphatic carbocycles. The molecule has 0 bridgehead atoms. The molecule has 9 heteroatoms. The Bertz CT molecular complexity index is 778. The highest BCUT2D eigenvalue weighted by molar-refractivity contribution is 7.49. The first-order valence-corrected chi connectivity index (χ1v) is 9.19. The Kier molecular flexibility index (Phi) is 5.51. The number of hydrogen-bond acceptors (Lipinski definition) is 5. The monoisotopic (exact) mass is 369 g/mol. The van der Waals surface area contributed by atoms with Gasteiger partial charge in [0.25, 0.3) is 0 Å². The van der Waals surface area contributed by atoms with Gasteiger partial charge >= 0.3 is 7.75 Å². The smallest absolute Gasteiger partial charge is 0.427 e. The van der Waals surface area contributed by atoms with Crippen molar-refractivity contribution in [2.75, 3.05) is 0 Å². The summed E-state index contributed by atoms with van der Waals surface area (Å²) in [5, 5.41) is 33.0. The maximum Gasteiger partial charge on any atom is 0.427 e. The molecule has 25 heavy (non-hydrogen) atoms. The number of nitrogens with one attached hydrogen (secondary N) is 1. The van der Waals surface area contributed by atoms with Gasteiger partial charge in [0.2, 0.25) is 5.79 Å². The first-order valence-electron chi connectivity index (χ1n) is 7.58. The highest BCUT2D eigenvalue weighted by Crippen LogP contribution is 2.41. The maximum absolute atomic E-state index is 12.2. The summed E-state index contributed by atoms with van der Waals surface area (Å²) in [6, 6.07) is 5.85. The van der Waals surface area contributed by atoms with Crippen molar-refractivity contribution >= 4 is 13.5 Å². The highest BCUT2D eigenvalue weighted by atomic mass is 31.2. The molecule has 0 fully saturated rings. The highest BCUT2D eigenvalue weighted by Gasteiger charge is 2.44. The minimum absolute atomic E-state index is 0.0640. The van der Waals surface area contributed by atoms with E-state index in [0.717, 1.165) is 6.08 Å². The van der Waals surface area contributed by atoms with E-state index in [1.54, 1.807) is 13.0 Å². The van der Waals surface area contributed by atoms with Gasteiger partial charge < -0.3 is 25.1 Å². The number of rotatable bonds is 6. The SMILES string of the molecule is CCC(c1cccc(O)c1)C(O)(O)C1=C(NP(=O)(O)O)CC=CC1=O. The van der Waals surface area contributed by atoms with E-state index in [0.29, 0.717) is 5.56 Å². The van der Waals surface area contributed by atoms with Crippen LogP contribution in [0.3, 0.4) is 0 Å². The quantitative estimate of drug-likeness (QED) is 0.322. The topological polar surface area (TPSA) is 147 Å². The number of benzene rings is 1. The van der Waals surface area contributed by atoms with E-state index in [1.165, 1.54) is 24.3 Å². The molecule has 0 saturated carbocycles. The second-order valence-electron chi connectivity index (χ2n) is 5.76. The maximum atomic E-state index is 12.2. The Morgan fingerprint density at radius 2 is 2.00 bits per heavy atom. The summed E-state index contributed by atoms with van der Waals surface area (Å²) in [7, 11) is -4.74. The van der Waals surface area contributed by atoms with Crippen LogP contribution in [0.15, 0.2) is 47.7 Å². The van der Waals surface area contributed by atoms with Crippen LogP contribution in [-0.4, -0.2) is 36.7 Å². The number of phenols is 1. The number of carbonyl (C=O) groups excluding carboxylic acids is 1. The van der Waals surface area contributed by atoms with E-state index in [9.17, 15) is 24.7 Å². The Hall–Kier alpha value is -1.96. The number of aliphatic hydroxyl groups is 2. The Morgan fingerprint density at radius 1 is 1.32 bits per heavy atom. The molecule has 0 radical (unpaired) electrons. The van der Waals surface area contributed by atoms with Crippen LogP contribution in [0.25, 0.3) is 0 Å². The predicted molar refractivity (Wildman–Crippen MR) is 89.3 cm³/mol. The first kappa shape index (κ1) is 19.4. The fourth-order valence-corrected chi connectivity index (χ4v) is 3.52. The van der Waals surface area contributed by atoms with Crippen LogP contribution in [0, 0.1) is 0 Å². The molecule has 1 aromatic carbocycles. The molecule has 0 amide bonds. The molecule has 1 aliphatic rings. The molecular weight excluding hydrogens is 349 g/mol. The van der Waals surface area contributed by atoms with E-state index in [1.807, 2.05) is 5.09 Å². The summed E-state index contributed by atoms with van der Waals surface area (Å²) in [6.45, 7) is 1.66. The van der Waals surface area contributed by atoms with Crippen LogP contribution in [0.2, 0.25) is 0 Å². The van der Waals surface area contributed by atoms with Gasteiger partial charge in [0.1, 0.15) is 5.75 Å². The van der Waals surface area contributed by atoms with Crippen molar-refractivity contribution in [3.63, 3.8) is 0 Å². The second kappa shape index (κ2) is 7.11. The molecule has 2 rings (SSSR count). The summed E-state index contributed by atoms with van der Waals surface area (Å²) in [5.74, 6) is -4.53. The van der Waals surface area contributed by atoms with E-state index in [-0.39, 0.29) is 24.3 Å². The predicted octanol–water partition coefficient (Wildman–Crippen LogP) is 1.03. The number of carbonyl (C=O) groups is 1. The third kappa shape index (κ3) is 4.36. The molecule has 1 atom stereocenters. The van der Waals surface area contributed by atoms with E-state index < -0.39 is 30.8 Å². The summed E-state index contributed by atoms with van der Waals surface area (Å²) >= 11 is 0. The number of ketones is 1. The zero-order valence-electron chi connectivity index (χ0n) is 13.5. The molecule has 8 nitrogen and oxygen atoms in total. The lowest BCUT2D eigenvalue weighted by Crippen LogP contribution is -2.43. The van der Waals surface area contributed by atoms with Gasteiger partial charge in [-0.3, -0.25) is 9.88 Å². The fourth-order valence-electron chi connectivity index (χ4n) is 2.97. The summed E-state index contributed by atoms with van der Waals surface area (Å²) in [4.78, 5) is 30.5. The zero-order chi connectivity index (χ0) is 18.8. The van der Waals surface area contributed by atoms with E-state index in [4.69, 9.17) is 9.79 Å². The molecule has 1 aromatic rings. The summed E-state index contributed by atoms with van der Waals surface area (Å²) in [6.07, 6.45) is 2.62. The molecule has 0 heterocycles. The lowest BCUT2D eigenvalue weighted by molar-refractivity contribution is -0.155. The van der Waals surface area contributed by atoms with Crippen LogP contribution in [0.5, 0.6) is 5.75 Å². The van der Waals surface area contributed by atoms with Gasteiger partial charge in [-0.1, -0.05) is 25.1 Å². The molecule has 136 valence electrons. The molecule has 0 aliphatic heterocycles. The van der Waals surface area contributed by atoms with Crippen molar-refractivity contribution < 1.29 is 34.5 Å². The van der Waals surface area contributed by atoms with Crippen LogP contribution >= 0.6 is 7.75 Å². The lowest BCUT2D eigenvalue weighted by Gasteiger charge is -2.35. The van der Waals surface area contributed by atoms with E-state index in [2.05, 4.69) is 0 Å². The zero-order valence-corrected chi connectivity index (χ0v) is 14.3. The lowest BCUT2D eigenvalue weighted by atomic mass is 9.80. The fraction of sp³-hybridized carbons (Fsp3) is 0.312. The van der Waals surface area contributed by atoms with Crippen LogP contribution < -0.4 is 5.09 Å². The minimum Gasteiger partial charge on any atom is -0.508 e. The summed E-state index contributed by atoms with van der Waals surface area (Å²) in [5.41, 5.74) is -0.393. The van der Waals surface area contributed by atoms with Crippen LogP contribution in [0.4, 0.5) is 0 Å². The molecule has 0 aromatic heterocycles. The van der Waals surface area contributed by atoms with Crippen LogP contribution in [-0.2, 0) is 9.36 Å². The summed E-state index contributed by atoms with van der Waals surface area (Å²) < 4.78 is 11.3. The largest absolute Gasteiger partial charge is 0.508 e. The normalized spacial score (nSPS) is 16.9. The Morgan fingerprint density at radius 3 is 2.56 bits per heavy atom. The molecule has 0 saturated heterocycles. The van der Waals surface area contributed by atoms with Gasteiger partial charge in [-0.2, -0.15) is 0 Å². The first-order chi connectivity index (χ1) is 11.6. The van der Waals surface area contributed by atoms with Crippen LogP contribution in [0.1, 0.15) is 31.2 Å². The third-order valence-electron chi connectivity index (χ3n) is 3.95. The molecular formula is C16H20NO7P. The van der Waals surface area contributed by atoms with Gasteiger partial charge in [0.15, 0.2) is 5.78 Å². The number of allylic oxidation sites excluding steroid dienone is 2. The minimum atomic E-state index is -4.74. The van der Waals surface area contributed by atoms with Gasteiger partial charge in [-0.15, -0.1) is 0 Å². The Labute approximate surface area is 144 Å². The standard InChI is InChI=1S/C16H20NO7P/c1-2-12(10-5-3-6-11(18)9-10)16(20,21)15-13(17-25(22,23)24)7-4-8-14(15)19/h3-6,8-9,12,18,20-21H,2,7H2,1H3,(H3,17,22,23,24). The number of hydrogen-bond donors (Lipinski definition) is 6. The number of aromatic hydroxyl groups is 1. The number of phenolic OH excluding ortho intramolecular Hbond substituents is 1. The van der Waals surface area contributed by atoms with Gasteiger partial charge in [-0.25, -0.2) is 4.57 Å². The average molecular weight is 369 g/mol. The second-order valence-corrected chi connectivity index (χ2v) is 7.07. The molecule has 1 unspecified atom stereocenters. The van der Waals surface area contributed by atoms with Crippen molar-refractivity contribution in [2.24, 2.45) is 0 Å². The van der Waals surface area contributed by atoms with Crippen molar-refractivity contribution in [3.8, 4) is 5.75 Å². The average Bonchev–Trinajstić information content (AvgIpc) is 2.45.